The van der Waals surface area contributed by atoms with Crippen LogP contribution in [0.3, 0.4) is 0 Å². The lowest BCUT2D eigenvalue weighted by molar-refractivity contribution is -0.0375. The Hall–Kier alpha value is -1.62. The van der Waals surface area contributed by atoms with E-state index in [-0.39, 0.29) is 12.2 Å². The summed E-state index contributed by atoms with van der Waals surface area (Å²) in [6, 6.07) is 0. The second-order valence-electron chi connectivity index (χ2n) is 12.4. The van der Waals surface area contributed by atoms with E-state index in [1.807, 2.05) is 25.0 Å². The van der Waals surface area contributed by atoms with Gasteiger partial charge < -0.3 is 14.7 Å². The SMILES string of the molecule is c1ncc(C(CCC2CCCC[C@H]2C2CC2)OC(CCC2CCCC[C@H]2C2CC2)c2cnc[nH]2)[nH]1. The molecule has 2 heterocycles. The average Bonchev–Trinajstić information content (AvgIpc) is 3.81. The minimum Gasteiger partial charge on any atom is -0.362 e. The minimum atomic E-state index is 0.0816. The molecule has 0 bridgehead atoms. The molecular formula is C30H46N4O. The highest BCUT2D eigenvalue weighted by Crippen LogP contribution is 2.50. The molecule has 192 valence electrons. The molecular weight excluding hydrogens is 432 g/mol. The van der Waals surface area contributed by atoms with E-state index >= 15 is 0 Å². The summed E-state index contributed by atoms with van der Waals surface area (Å²) in [7, 11) is 0. The molecule has 4 unspecified atom stereocenters. The minimum absolute atomic E-state index is 0.0816. The Morgan fingerprint density at radius 3 is 1.51 bits per heavy atom. The van der Waals surface area contributed by atoms with Crippen molar-refractivity contribution in [2.75, 3.05) is 0 Å². The van der Waals surface area contributed by atoms with Gasteiger partial charge in [0.25, 0.3) is 0 Å². The number of aromatic amines is 2. The van der Waals surface area contributed by atoms with Crippen LogP contribution < -0.4 is 0 Å². The van der Waals surface area contributed by atoms with Crippen LogP contribution in [-0.4, -0.2) is 19.9 Å². The van der Waals surface area contributed by atoms with Crippen LogP contribution in [-0.2, 0) is 4.74 Å². The molecule has 4 aliphatic carbocycles. The summed E-state index contributed by atoms with van der Waals surface area (Å²) in [6.45, 7) is 0. The van der Waals surface area contributed by atoms with Crippen LogP contribution in [0.15, 0.2) is 25.0 Å². The maximum atomic E-state index is 7.00. The monoisotopic (exact) mass is 478 g/mol. The molecule has 6 atom stereocenters. The van der Waals surface area contributed by atoms with E-state index in [9.17, 15) is 0 Å². The fourth-order valence-corrected chi connectivity index (χ4v) is 7.89. The molecule has 6 rings (SSSR count). The van der Waals surface area contributed by atoms with Gasteiger partial charge in [-0.15, -0.1) is 0 Å². The maximum Gasteiger partial charge on any atom is 0.0997 e. The number of nitrogens with one attached hydrogen (secondary N) is 2. The summed E-state index contributed by atoms with van der Waals surface area (Å²) in [4.78, 5) is 15.5. The number of rotatable bonds is 12. The van der Waals surface area contributed by atoms with Crippen molar-refractivity contribution >= 4 is 0 Å². The van der Waals surface area contributed by atoms with Crippen molar-refractivity contribution in [2.24, 2.45) is 35.5 Å². The molecule has 2 aromatic rings. The van der Waals surface area contributed by atoms with Gasteiger partial charge in [-0.1, -0.05) is 38.5 Å². The highest BCUT2D eigenvalue weighted by Gasteiger charge is 2.39. The first kappa shape index (κ1) is 23.8. The van der Waals surface area contributed by atoms with Crippen LogP contribution >= 0.6 is 0 Å². The van der Waals surface area contributed by atoms with E-state index in [1.54, 1.807) is 0 Å². The molecule has 2 N–H and O–H groups in total. The molecule has 5 nitrogen and oxygen atoms in total. The van der Waals surface area contributed by atoms with Gasteiger partial charge in [0.15, 0.2) is 0 Å². The molecule has 4 saturated carbocycles. The number of hydrogen-bond donors (Lipinski definition) is 2. The molecule has 0 saturated heterocycles. The lowest BCUT2D eigenvalue weighted by Crippen LogP contribution is -2.23. The van der Waals surface area contributed by atoms with Gasteiger partial charge in [0.1, 0.15) is 0 Å². The average molecular weight is 479 g/mol. The molecule has 0 aliphatic heterocycles. The molecule has 2 aromatic heterocycles. The van der Waals surface area contributed by atoms with Gasteiger partial charge >= 0.3 is 0 Å². The number of hydrogen-bond acceptors (Lipinski definition) is 3. The Balaban J connectivity index is 1.13. The maximum absolute atomic E-state index is 7.00. The molecule has 0 amide bonds. The van der Waals surface area contributed by atoms with Gasteiger partial charge in [0.05, 0.1) is 48.6 Å². The van der Waals surface area contributed by atoms with Crippen molar-refractivity contribution < 1.29 is 4.74 Å². The van der Waals surface area contributed by atoms with E-state index in [0.29, 0.717) is 0 Å². The molecule has 0 spiro atoms. The van der Waals surface area contributed by atoms with Crippen LogP contribution in [0, 0.1) is 35.5 Å². The van der Waals surface area contributed by atoms with Crippen molar-refractivity contribution in [1.82, 2.24) is 19.9 Å². The predicted octanol–water partition coefficient (Wildman–Crippen LogP) is 7.93. The highest BCUT2D eigenvalue weighted by atomic mass is 16.5. The third-order valence-corrected chi connectivity index (χ3v) is 10.1. The Kier molecular flexibility index (Phi) is 7.60. The van der Waals surface area contributed by atoms with Gasteiger partial charge in [-0.05, 0) is 99.7 Å². The Morgan fingerprint density at radius 2 is 1.11 bits per heavy atom. The highest BCUT2D eigenvalue weighted by molar-refractivity contribution is 5.04. The van der Waals surface area contributed by atoms with Gasteiger partial charge in [0, 0.05) is 0 Å². The van der Waals surface area contributed by atoms with Gasteiger partial charge in [0.2, 0.25) is 0 Å². The smallest absolute Gasteiger partial charge is 0.0997 e. The van der Waals surface area contributed by atoms with Crippen molar-refractivity contribution in [1.29, 1.82) is 0 Å². The summed E-state index contributed by atoms with van der Waals surface area (Å²) in [6.07, 6.45) is 29.9. The summed E-state index contributed by atoms with van der Waals surface area (Å²) >= 11 is 0. The van der Waals surface area contributed by atoms with Crippen LogP contribution in [0.1, 0.15) is 126 Å². The second kappa shape index (κ2) is 11.2. The summed E-state index contributed by atoms with van der Waals surface area (Å²) in [5.41, 5.74) is 2.28. The number of H-pyrrole nitrogens is 2. The van der Waals surface area contributed by atoms with E-state index in [4.69, 9.17) is 4.74 Å². The second-order valence-corrected chi connectivity index (χ2v) is 12.4. The Bertz CT molecular complexity index is 800. The van der Waals surface area contributed by atoms with Crippen molar-refractivity contribution in [3.63, 3.8) is 0 Å². The van der Waals surface area contributed by atoms with Crippen LogP contribution in [0.2, 0.25) is 0 Å². The third kappa shape index (κ3) is 6.03. The van der Waals surface area contributed by atoms with Gasteiger partial charge in [-0.25, -0.2) is 9.97 Å². The Labute approximate surface area is 211 Å². The number of ether oxygens (including phenoxy) is 1. The van der Waals surface area contributed by atoms with E-state index < -0.39 is 0 Å². The van der Waals surface area contributed by atoms with Gasteiger partial charge in [-0.3, -0.25) is 0 Å². The Morgan fingerprint density at radius 1 is 0.657 bits per heavy atom. The molecule has 5 heteroatoms. The number of imidazole rings is 2. The van der Waals surface area contributed by atoms with Crippen molar-refractivity contribution in [3.8, 4) is 0 Å². The first-order chi connectivity index (χ1) is 17.3. The van der Waals surface area contributed by atoms with Crippen molar-refractivity contribution in [2.45, 2.75) is 115 Å². The fraction of sp³-hybridized carbons (Fsp3) is 0.800. The molecule has 35 heavy (non-hydrogen) atoms. The summed E-state index contributed by atoms with van der Waals surface area (Å²) in [5, 5.41) is 0. The fourth-order valence-electron chi connectivity index (χ4n) is 7.89. The van der Waals surface area contributed by atoms with Crippen LogP contribution in [0.25, 0.3) is 0 Å². The van der Waals surface area contributed by atoms with Crippen LogP contribution in [0.5, 0.6) is 0 Å². The van der Waals surface area contributed by atoms with Gasteiger partial charge in [-0.2, -0.15) is 0 Å². The molecule has 4 aliphatic rings. The standard InChI is InChI=1S/C30H46N4O/c1-3-7-25(23-9-10-23)21(5-1)13-15-29(27-17-31-19-33-27)35-30(28-18-32-20-34-28)16-14-22-6-2-4-8-26(22)24-11-12-24/h17-26,29-30H,1-16H2,(H,31,33)(H,32,34)/t21?,22?,25-,26-,29?,30?/m1/s1. The topological polar surface area (TPSA) is 66.6 Å². The summed E-state index contributed by atoms with van der Waals surface area (Å²) < 4.78 is 7.00. The third-order valence-electron chi connectivity index (χ3n) is 10.1. The molecule has 4 fully saturated rings. The summed E-state index contributed by atoms with van der Waals surface area (Å²) in [5.74, 6) is 5.77. The van der Waals surface area contributed by atoms with E-state index in [0.717, 1.165) is 59.7 Å². The van der Waals surface area contributed by atoms with Crippen molar-refractivity contribution in [3.05, 3.63) is 36.4 Å². The largest absolute Gasteiger partial charge is 0.362 e. The lowest BCUT2D eigenvalue weighted by atomic mass is 9.74. The zero-order valence-corrected chi connectivity index (χ0v) is 21.5. The van der Waals surface area contributed by atoms with E-state index in [2.05, 4.69) is 19.9 Å². The number of nitrogens with zero attached hydrogens (tertiary/aromatic N) is 2. The lowest BCUT2D eigenvalue weighted by Gasteiger charge is -2.34. The number of aromatic nitrogens is 4. The first-order valence-corrected chi connectivity index (χ1v) is 15.0. The zero-order chi connectivity index (χ0) is 23.5. The van der Waals surface area contributed by atoms with E-state index in [1.165, 1.54) is 89.9 Å². The molecule has 0 radical (unpaired) electrons. The quantitative estimate of drug-likeness (QED) is 0.325. The predicted molar refractivity (Wildman–Crippen MR) is 139 cm³/mol. The van der Waals surface area contributed by atoms with Crippen LogP contribution in [0.4, 0.5) is 0 Å². The first-order valence-electron chi connectivity index (χ1n) is 15.0. The normalized spacial score (nSPS) is 31.3. The zero-order valence-electron chi connectivity index (χ0n) is 21.5. The molecule has 0 aromatic carbocycles.